The van der Waals surface area contributed by atoms with Crippen LogP contribution in [0.4, 0.5) is 5.69 Å². The van der Waals surface area contributed by atoms with Crippen molar-refractivity contribution in [2.45, 2.75) is 38.3 Å². The Hall–Kier alpha value is -0.540. The molecule has 1 atom stereocenters. The number of halogens is 1. The zero-order valence-electron chi connectivity index (χ0n) is 9.78. The maximum Gasteiger partial charge on any atom is 0.0782 e. The minimum Gasteiger partial charge on any atom is -0.389 e. The van der Waals surface area contributed by atoms with Gasteiger partial charge in [0, 0.05) is 28.8 Å². The van der Waals surface area contributed by atoms with Crippen molar-refractivity contribution in [2.24, 2.45) is 0 Å². The van der Waals surface area contributed by atoms with Crippen molar-refractivity contribution >= 4 is 21.6 Å². The third kappa shape index (κ3) is 2.25. The van der Waals surface area contributed by atoms with Gasteiger partial charge in [-0.1, -0.05) is 22.0 Å². The summed E-state index contributed by atoms with van der Waals surface area (Å²) in [5, 5.41) is 9.77. The average molecular weight is 284 g/mol. The SMILES string of the molecule is CC(O)c1ccc(Br)cc1N(C)C1CCC1. The molecule has 1 N–H and O–H groups in total. The Balaban J connectivity index is 2.32. The van der Waals surface area contributed by atoms with E-state index in [1.165, 1.54) is 19.3 Å². The summed E-state index contributed by atoms with van der Waals surface area (Å²) in [6.45, 7) is 1.82. The molecule has 0 heterocycles. The minimum absolute atomic E-state index is 0.411. The molecule has 2 rings (SSSR count). The first-order chi connectivity index (χ1) is 7.59. The fraction of sp³-hybridized carbons (Fsp3) is 0.538. The summed E-state index contributed by atoms with van der Waals surface area (Å²) in [6.07, 6.45) is 3.45. The smallest absolute Gasteiger partial charge is 0.0782 e. The van der Waals surface area contributed by atoms with Gasteiger partial charge < -0.3 is 10.0 Å². The zero-order valence-corrected chi connectivity index (χ0v) is 11.4. The third-order valence-electron chi connectivity index (χ3n) is 3.44. The number of nitrogens with zero attached hydrogens (tertiary/aromatic N) is 1. The molecule has 1 unspecified atom stereocenters. The van der Waals surface area contributed by atoms with Gasteiger partial charge in [-0.3, -0.25) is 0 Å². The number of anilines is 1. The lowest BCUT2D eigenvalue weighted by molar-refractivity contribution is 0.199. The number of benzene rings is 1. The number of rotatable bonds is 3. The molecule has 1 fully saturated rings. The Kier molecular flexibility index (Phi) is 3.55. The molecule has 0 radical (unpaired) electrons. The van der Waals surface area contributed by atoms with Gasteiger partial charge in [0.1, 0.15) is 0 Å². The van der Waals surface area contributed by atoms with Gasteiger partial charge >= 0.3 is 0 Å². The maximum atomic E-state index is 9.77. The largest absolute Gasteiger partial charge is 0.389 e. The summed E-state index contributed by atoms with van der Waals surface area (Å²) in [5.41, 5.74) is 2.16. The lowest BCUT2D eigenvalue weighted by Crippen LogP contribution is -2.37. The quantitative estimate of drug-likeness (QED) is 0.918. The summed E-state index contributed by atoms with van der Waals surface area (Å²) in [4.78, 5) is 2.30. The predicted molar refractivity (Wildman–Crippen MR) is 70.8 cm³/mol. The van der Waals surface area contributed by atoms with E-state index in [4.69, 9.17) is 0 Å². The predicted octanol–water partition coefficient (Wildman–Crippen LogP) is 3.49. The van der Waals surface area contributed by atoms with Crippen LogP contribution < -0.4 is 4.90 Å². The van der Waals surface area contributed by atoms with E-state index in [0.717, 1.165) is 15.7 Å². The first-order valence-corrected chi connectivity index (χ1v) is 6.59. The zero-order chi connectivity index (χ0) is 11.7. The number of hydrogen-bond acceptors (Lipinski definition) is 2. The Bertz CT molecular complexity index is 374. The van der Waals surface area contributed by atoms with E-state index in [1.807, 2.05) is 19.1 Å². The van der Waals surface area contributed by atoms with Crippen LogP contribution in [0.5, 0.6) is 0 Å². The van der Waals surface area contributed by atoms with Crippen LogP contribution in [-0.2, 0) is 0 Å². The van der Waals surface area contributed by atoms with Crippen molar-refractivity contribution in [2.75, 3.05) is 11.9 Å². The lowest BCUT2D eigenvalue weighted by Gasteiger charge is -2.37. The molecule has 0 aliphatic heterocycles. The molecule has 1 aliphatic carbocycles. The van der Waals surface area contributed by atoms with Crippen LogP contribution in [0, 0.1) is 0 Å². The minimum atomic E-state index is -0.411. The molecule has 0 spiro atoms. The second kappa shape index (κ2) is 4.76. The van der Waals surface area contributed by atoms with Gasteiger partial charge in [-0.15, -0.1) is 0 Å². The van der Waals surface area contributed by atoms with Crippen LogP contribution in [0.15, 0.2) is 22.7 Å². The van der Waals surface area contributed by atoms with E-state index in [-0.39, 0.29) is 0 Å². The molecule has 0 amide bonds. The lowest BCUT2D eigenvalue weighted by atomic mass is 9.91. The fourth-order valence-electron chi connectivity index (χ4n) is 2.15. The van der Waals surface area contributed by atoms with Gasteiger partial charge in [-0.25, -0.2) is 0 Å². The first kappa shape index (κ1) is 11.9. The van der Waals surface area contributed by atoms with Gasteiger partial charge in [-0.2, -0.15) is 0 Å². The van der Waals surface area contributed by atoms with E-state index in [9.17, 15) is 5.11 Å². The standard InChI is InChI=1S/C13H18BrNO/c1-9(16)12-7-6-10(14)8-13(12)15(2)11-4-3-5-11/h6-9,11,16H,3-5H2,1-2H3. The van der Waals surface area contributed by atoms with E-state index < -0.39 is 6.10 Å². The summed E-state index contributed by atoms with van der Waals surface area (Å²) in [5.74, 6) is 0. The van der Waals surface area contributed by atoms with Crippen LogP contribution in [0.25, 0.3) is 0 Å². The Morgan fingerprint density at radius 2 is 2.12 bits per heavy atom. The van der Waals surface area contributed by atoms with Crippen molar-refractivity contribution in [1.82, 2.24) is 0 Å². The third-order valence-corrected chi connectivity index (χ3v) is 3.94. The maximum absolute atomic E-state index is 9.77. The van der Waals surface area contributed by atoms with E-state index in [2.05, 4.69) is 33.9 Å². The molecule has 3 heteroatoms. The molecule has 88 valence electrons. The highest BCUT2D eigenvalue weighted by Gasteiger charge is 2.24. The molecule has 16 heavy (non-hydrogen) atoms. The molecule has 0 bridgehead atoms. The number of aliphatic hydroxyl groups excluding tert-OH is 1. The fourth-order valence-corrected chi connectivity index (χ4v) is 2.50. The van der Waals surface area contributed by atoms with Crippen LogP contribution in [0.3, 0.4) is 0 Å². The molecule has 1 saturated carbocycles. The summed E-state index contributed by atoms with van der Waals surface area (Å²) in [7, 11) is 2.12. The highest BCUT2D eigenvalue weighted by atomic mass is 79.9. The highest BCUT2D eigenvalue weighted by Crippen LogP contribution is 2.34. The van der Waals surface area contributed by atoms with E-state index >= 15 is 0 Å². The van der Waals surface area contributed by atoms with Gasteiger partial charge in [0.05, 0.1) is 6.10 Å². The molecular formula is C13H18BrNO. The number of aliphatic hydroxyl groups is 1. The van der Waals surface area contributed by atoms with Crippen molar-refractivity contribution in [1.29, 1.82) is 0 Å². The highest BCUT2D eigenvalue weighted by molar-refractivity contribution is 9.10. The summed E-state index contributed by atoms with van der Waals surface area (Å²) >= 11 is 3.49. The monoisotopic (exact) mass is 283 g/mol. The van der Waals surface area contributed by atoms with Crippen LogP contribution in [0.1, 0.15) is 37.9 Å². The van der Waals surface area contributed by atoms with E-state index in [1.54, 1.807) is 0 Å². The summed E-state index contributed by atoms with van der Waals surface area (Å²) in [6, 6.07) is 6.73. The van der Waals surface area contributed by atoms with Crippen LogP contribution >= 0.6 is 15.9 Å². The van der Waals surface area contributed by atoms with Crippen molar-refractivity contribution in [3.63, 3.8) is 0 Å². The van der Waals surface area contributed by atoms with E-state index in [0.29, 0.717) is 6.04 Å². The van der Waals surface area contributed by atoms with Gasteiger partial charge in [-0.05, 0) is 38.3 Å². The second-order valence-corrected chi connectivity index (χ2v) is 5.49. The average Bonchev–Trinajstić information content (AvgIpc) is 2.14. The van der Waals surface area contributed by atoms with Gasteiger partial charge in [0.2, 0.25) is 0 Å². The van der Waals surface area contributed by atoms with Crippen LogP contribution in [-0.4, -0.2) is 18.2 Å². The molecule has 0 saturated heterocycles. The van der Waals surface area contributed by atoms with Gasteiger partial charge in [0.25, 0.3) is 0 Å². The normalized spacial score (nSPS) is 18.0. The topological polar surface area (TPSA) is 23.5 Å². The summed E-state index contributed by atoms with van der Waals surface area (Å²) < 4.78 is 1.07. The molecule has 2 nitrogen and oxygen atoms in total. The first-order valence-electron chi connectivity index (χ1n) is 5.80. The Morgan fingerprint density at radius 1 is 1.44 bits per heavy atom. The molecule has 1 aromatic rings. The van der Waals surface area contributed by atoms with Crippen molar-refractivity contribution in [3.05, 3.63) is 28.2 Å². The van der Waals surface area contributed by atoms with Crippen molar-refractivity contribution in [3.8, 4) is 0 Å². The molecule has 1 aromatic carbocycles. The molecule has 0 aromatic heterocycles. The Morgan fingerprint density at radius 3 is 2.62 bits per heavy atom. The van der Waals surface area contributed by atoms with Crippen LogP contribution in [0.2, 0.25) is 0 Å². The molecule has 1 aliphatic rings. The second-order valence-electron chi connectivity index (χ2n) is 4.57. The Labute approximate surface area is 105 Å². The number of hydrogen-bond donors (Lipinski definition) is 1. The van der Waals surface area contributed by atoms with Crippen molar-refractivity contribution < 1.29 is 5.11 Å². The van der Waals surface area contributed by atoms with Gasteiger partial charge in [0.15, 0.2) is 0 Å². The molecular weight excluding hydrogens is 266 g/mol.